The molecule has 1 heterocycles. The highest BCUT2D eigenvalue weighted by Gasteiger charge is 2.15. The van der Waals surface area contributed by atoms with Gasteiger partial charge in [-0.2, -0.15) is 0 Å². The molecule has 1 amide bonds. The SMILES string of the molecule is COc1ccc(-c2nc(C(=O)OCC(=O)NCCCc3ccccc3)cs2)cc1. The Morgan fingerprint density at radius 1 is 1.07 bits per heavy atom. The van der Waals surface area contributed by atoms with E-state index in [2.05, 4.69) is 22.4 Å². The molecule has 150 valence electrons. The van der Waals surface area contributed by atoms with Crippen molar-refractivity contribution in [3.8, 4) is 16.3 Å². The first kappa shape index (κ1) is 20.5. The van der Waals surface area contributed by atoms with Crippen LogP contribution in [-0.2, 0) is 16.0 Å². The van der Waals surface area contributed by atoms with Crippen LogP contribution in [0.2, 0.25) is 0 Å². The fourth-order valence-electron chi connectivity index (χ4n) is 2.65. The zero-order chi connectivity index (χ0) is 20.5. The van der Waals surface area contributed by atoms with Crippen molar-refractivity contribution >= 4 is 23.2 Å². The highest BCUT2D eigenvalue weighted by molar-refractivity contribution is 7.13. The summed E-state index contributed by atoms with van der Waals surface area (Å²) >= 11 is 1.34. The Morgan fingerprint density at radius 3 is 2.55 bits per heavy atom. The Labute approximate surface area is 173 Å². The summed E-state index contributed by atoms with van der Waals surface area (Å²) in [6.45, 7) is 0.211. The van der Waals surface area contributed by atoms with E-state index in [0.717, 1.165) is 24.2 Å². The number of rotatable bonds is 9. The number of aryl methyl sites for hydroxylation is 1. The Hall–Kier alpha value is -3.19. The van der Waals surface area contributed by atoms with E-state index in [4.69, 9.17) is 9.47 Å². The Kier molecular flexibility index (Phi) is 7.35. The van der Waals surface area contributed by atoms with Crippen molar-refractivity contribution in [2.45, 2.75) is 12.8 Å². The average molecular weight is 410 g/mol. The molecule has 29 heavy (non-hydrogen) atoms. The zero-order valence-corrected chi connectivity index (χ0v) is 16.9. The second-order valence-corrected chi connectivity index (χ2v) is 7.14. The summed E-state index contributed by atoms with van der Waals surface area (Å²) in [7, 11) is 1.60. The van der Waals surface area contributed by atoms with Gasteiger partial charge in [0.15, 0.2) is 12.3 Å². The minimum absolute atomic E-state index is 0.192. The molecule has 0 spiro atoms. The van der Waals surface area contributed by atoms with E-state index < -0.39 is 5.97 Å². The van der Waals surface area contributed by atoms with Gasteiger partial charge in [-0.3, -0.25) is 4.79 Å². The second-order valence-electron chi connectivity index (χ2n) is 6.28. The van der Waals surface area contributed by atoms with Crippen molar-refractivity contribution in [2.24, 2.45) is 0 Å². The van der Waals surface area contributed by atoms with Crippen molar-refractivity contribution in [1.82, 2.24) is 10.3 Å². The molecule has 6 nitrogen and oxygen atoms in total. The smallest absolute Gasteiger partial charge is 0.358 e. The van der Waals surface area contributed by atoms with Gasteiger partial charge < -0.3 is 14.8 Å². The second kappa shape index (κ2) is 10.4. The van der Waals surface area contributed by atoms with Crippen molar-refractivity contribution in [3.05, 3.63) is 71.2 Å². The Morgan fingerprint density at radius 2 is 1.83 bits per heavy atom. The van der Waals surface area contributed by atoms with E-state index in [1.54, 1.807) is 12.5 Å². The van der Waals surface area contributed by atoms with Crippen molar-refractivity contribution in [1.29, 1.82) is 0 Å². The zero-order valence-electron chi connectivity index (χ0n) is 16.1. The number of carbonyl (C=O) groups is 2. The molecule has 0 saturated heterocycles. The summed E-state index contributed by atoms with van der Waals surface area (Å²) in [6, 6.07) is 17.5. The fraction of sp³-hybridized carbons (Fsp3) is 0.227. The first-order valence-corrected chi connectivity index (χ1v) is 10.1. The van der Waals surface area contributed by atoms with E-state index in [1.807, 2.05) is 42.5 Å². The molecular weight excluding hydrogens is 388 g/mol. The monoisotopic (exact) mass is 410 g/mol. The van der Waals surface area contributed by atoms with Crippen LogP contribution in [0.4, 0.5) is 0 Å². The Balaban J connectivity index is 1.40. The number of ether oxygens (including phenoxy) is 2. The van der Waals surface area contributed by atoms with Crippen molar-refractivity contribution in [2.75, 3.05) is 20.3 Å². The predicted molar refractivity (Wildman–Crippen MR) is 112 cm³/mol. The number of methoxy groups -OCH3 is 1. The van der Waals surface area contributed by atoms with Crippen LogP contribution in [0, 0.1) is 0 Å². The number of nitrogens with one attached hydrogen (secondary N) is 1. The Bertz CT molecular complexity index is 939. The molecule has 0 fully saturated rings. The van der Waals surface area contributed by atoms with Gasteiger partial charge in [0.1, 0.15) is 10.8 Å². The average Bonchev–Trinajstić information content (AvgIpc) is 3.26. The van der Waals surface area contributed by atoms with E-state index in [0.29, 0.717) is 11.6 Å². The van der Waals surface area contributed by atoms with E-state index >= 15 is 0 Å². The number of esters is 1. The number of hydrogen-bond donors (Lipinski definition) is 1. The molecule has 0 atom stereocenters. The van der Waals surface area contributed by atoms with E-state index in [-0.39, 0.29) is 18.2 Å². The highest BCUT2D eigenvalue weighted by atomic mass is 32.1. The quantitative estimate of drug-likeness (QED) is 0.430. The molecule has 0 aliphatic rings. The molecule has 0 saturated carbocycles. The first-order chi connectivity index (χ1) is 14.2. The highest BCUT2D eigenvalue weighted by Crippen LogP contribution is 2.25. The molecule has 7 heteroatoms. The lowest BCUT2D eigenvalue weighted by atomic mass is 10.1. The lowest BCUT2D eigenvalue weighted by Crippen LogP contribution is -2.29. The molecule has 3 aromatic rings. The van der Waals surface area contributed by atoms with Gasteiger partial charge in [-0.1, -0.05) is 30.3 Å². The van der Waals surface area contributed by atoms with Gasteiger partial charge in [-0.05, 0) is 42.7 Å². The number of amides is 1. The molecule has 0 radical (unpaired) electrons. The van der Waals surface area contributed by atoms with Crippen LogP contribution in [0.3, 0.4) is 0 Å². The van der Waals surface area contributed by atoms with Crippen molar-refractivity contribution in [3.63, 3.8) is 0 Å². The van der Waals surface area contributed by atoms with Crippen LogP contribution in [-0.4, -0.2) is 37.1 Å². The molecule has 2 aromatic carbocycles. The summed E-state index contributed by atoms with van der Waals surface area (Å²) in [4.78, 5) is 28.3. The summed E-state index contributed by atoms with van der Waals surface area (Å²) in [5.41, 5.74) is 2.30. The minimum atomic E-state index is -0.611. The molecular formula is C22H22N2O4S. The standard InChI is InChI=1S/C22H22N2O4S/c1-27-18-11-9-17(10-12-18)21-24-19(15-29-21)22(26)28-14-20(25)23-13-5-8-16-6-3-2-4-7-16/h2-4,6-7,9-12,15H,5,8,13-14H2,1H3,(H,23,25). The number of benzene rings is 2. The minimum Gasteiger partial charge on any atom is -0.497 e. The van der Waals surface area contributed by atoms with Gasteiger partial charge in [0.05, 0.1) is 7.11 Å². The van der Waals surface area contributed by atoms with Crippen LogP contribution in [0.25, 0.3) is 10.6 Å². The molecule has 0 bridgehead atoms. The molecule has 3 rings (SSSR count). The summed E-state index contributed by atoms with van der Waals surface area (Å²) in [5, 5.41) is 5.08. The maximum atomic E-state index is 12.1. The largest absolute Gasteiger partial charge is 0.497 e. The van der Waals surface area contributed by atoms with Gasteiger partial charge in [0.2, 0.25) is 0 Å². The lowest BCUT2D eigenvalue weighted by Gasteiger charge is -2.06. The predicted octanol–water partition coefficient (Wildman–Crippen LogP) is 3.72. The van der Waals surface area contributed by atoms with Crippen LogP contribution in [0.5, 0.6) is 5.75 Å². The third-order valence-electron chi connectivity index (χ3n) is 4.19. The van der Waals surface area contributed by atoms with E-state index in [1.165, 1.54) is 16.9 Å². The van der Waals surface area contributed by atoms with Gasteiger partial charge in [-0.25, -0.2) is 9.78 Å². The first-order valence-electron chi connectivity index (χ1n) is 9.23. The molecule has 0 unspecified atom stereocenters. The van der Waals surface area contributed by atoms with Gasteiger partial charge in [0, 0.05) is 17.5 Å². The number of thiazole rings is 1. The van der Waals surface area contributed by atoms with Crippen LogP contribution in [0.15, 0.2) is 60.0 Å². The van der Waals surface area contributed by atoms with Crippen LogP contribution < -0.4 is 10.1 Å². The van der Waals surface area contributed by atoms with Gasteiger partial charge in [0.25, 0.3) is 5.91 Å². The van der Waals surface area contributed by atoms with Crippen molar-refractivity contribution < 1.29 is 19.1 Å². The normalized spacial score (nSPS) is 10.4. The topological polar surface area (TPSA) is 77.5 Å². The summed E-state index contributed by atoms with van der Waals surface area (Å²) in [5.74, 6) is -0.183. The summed E-state index contributed by atoms with van der Waals surface area (Å²) in [6.07, 6.45) is 1.70. The van der Waals surface area contributed by atoms with Crippen LogP contribution >= 0.6 is 11.3 Å². The van der Waals surface area contributed by atoms with E-state index in [9.17, 15) is 9.59 Å². The maximum Gasteiger partial charge on any atom is 0.358 e. The fourth-order valence-corrected chi connectivity index (χ4v) is 3.45. The maximum absolute atomic E-state index is 12.1. The molecule has 1 aromatic heterocycles. The number of aromatic nitrogens is 1. The summed E-state index contributed by atoms with van der Waals surface area (Å²) < 4.78 is 10.2. The van der Waals surface area contributed by atoms with Gasteiger partial charge in [-0.15, -0.1) is 11.3 Å². The molecule has 1 N–H and O–H groups in total. The van der Waals surface area contributed by atoms with Crippen LogP contribution in [0.1, 0.15) is 22.5 Å². The number of nitrogens with zero attached hydrogens (tertiary/aromatic N) is 1. The number of hydrogen-bond acceptors (Lipinski definition) is 6. The number of carbonyl (C=O) groups excluding carboxylic acids is 2. The van der Waals surface area contributed by atoms with Gasteiger partial charge >= 0.3 is 5.97 Å². The third kappa shape index (κ3) is 6.15. The third-order valence-corrected chi connectivity index (χ3v) is 5.08. The molecule has 0 aliphatic carbocycles. The molecule has 0 aliphatic heterocycles. The lowest BCUT2D eigenvalue weighted by molar-refractivity contribution is -0.124.